The fourth-order valence-corrected chi connectivity index (χ4v) is 1.25. The number of rotatable bonds is 5. The third-order valence-corrected chi connectivity index (χ3v) is 3.26. The Morgan fingerprint density at radius 1 is 1.36 bits per heavy atom. The Kier molecular flexibility index (Phi) is 5.13. The zero-order valence-corrected chi connectivity index (χ0v) is 9.96. The van der Waals surface area contributed by atoms with E-state index in [0.717, 1.165) is 12.8 Å². The van der Waals surface area contributed by atoms with E-state index in [0.29, 0.717) is 0 Å². The maximum absolute atomic E-state index is 11.3. The van der Waals surface area contributed by atoms with Gasteiger partial charge in [0.2, 0.25) is 0 Å². The molecular weight excluding hydrogens is 178 g/mol. The predicted octanol–water partition coefficient (Wildman–Crippen LogP) is 2.09. The van der Waals surface area contributed by atoms with Crippen LogP contribution >= 0.6 is 0 Å². The van der Waals surface area contributed by atoms with Crippen molar-refractivity contribution in [1.82, 2.24) is 0 Å². The van der Waals surface area contributed by atoms with Crippen LogP contribution in [0.25, 0.3) is 0 Å². The minimum Gasteiger partial charge on any atom is -0.461 e. The van der Waals surface area contributed by atoms with E-state index in [9.17, 15) is 4.79 Å². The summed E-state index contributed by atoms with van der Waals surface area (Å²) in [6.45, 7) is 9.93. The van der Waals surface area contributed by atoms with Gasteiger partial charge in [-0.1, -0.05) is 20.8 Å². The van der Waals surface area contributed by atoms with Crippen LogP contribution < -0.4 is 5.73 Å². The number of hydrogen-bond donors (Lipinski definition) is 1. The normalized spacial score (nSPS) is 16.1. The lowest BCUT2D eigenvalue weighted by Crippen LogP contribution is -2.38. The molecule has 84 valence electrons. The summed E-state index contributed by atoms with van der Waals surface area (Å²) in [6.07, 6.45) is 1.92. The molecule has 0 radical (unpaired) electrons. The number of ether oxygens (including phenoxy) is 1. The lowest BCUT2D eigenvalue weighted by molar-refractivity contribution is -0.156. The quantitative estimate of drug-likeness (QED) is 0.693. The van der Waals surface area contributed by atoms with Crippen molar-refractivity contribution in [3.63, 3.8) is 0 Å². The lowest BCUT2D eigenvalue weighted by Gasteiger charge is -2.33. The first-order valence-corrected chi connectivity index (χ1v) is 5.33. The molecule has 0 rings (SSSR count). The van der Waals surface area contributed by atoms with Gasteiger partial charge in [0.25, 0.3) is 0 Å². The van der Waals surface area contributed by atoms with E-state index in [-0.39, 0.29) is 17.5 Å². The van der Waals surface area contributed by atoms with Crippen molar-refractivity contribution in [3.8, 4) is 0 Å². The third-order valence-electron chi connectivity index (χ3n) is 3.26. The van der Waals surface area contributed by atoms with E-state index in [1.807, 2.05) is 6.92 Å². The van der Waals surface area contributed by atoms with Gasteiger partial charge in [-0.15, -0.1) is 0 Å². The smallest absolute Gasteiger partial charge is 0.322 e. The average Bonchev–Trinajstić information content (AvgIpc) is 2.16. The highest BCUT2D eigenvalue weighted by atomic mass is 16.5. The van der Waals surface area contributed by atoms with E-state index < -0.39 is 6.04 Å². The summed E-state index contributed by atoms with van der Waals surface area (Å²) in [5.74, 6) is -0.314. The standard InChI is InChI=1S/C11H23NO2/c1-6-11(5,7-2)9(4)14-10(13)8(3)12/h8-9H,6-7,12H2,1-5H3. The Hall–Kier alpha value is -0.570. The molecule has 3 nitrogen and oxygen atoms in total. The molecule has 0 heterocycles. The fourth-order valence-electron chi connectivity index (χ4n) is 1.25. The Morgan fingerprint density at radius 3 is 2.07 bits per heavy atom. The second-order valence-corrected chi connectivity index (χ2v) is 4.23. The molecule has 0 fully saturated rings. The van der Waals surface area contributed by atoms with Crippen molar-refractivity contribution in [3.05, 3.63) is 0 Å². The van der Waals surface area contributed by atoms with Crippen LogP contribution in [0.1, 0.15) is 47.5 Å². The average molecular weight is 201 g/mol. The molecule has 2 atom stereocenters. The number of carbonyl (C=O) groups is 1. The Bertz CT molecular complexity index is 186. The summed E-state index contributed by atoms with van der Waals surface area (Å²) in [7, 11) is 0. The number of carbonyl (C=O) groups excluding carboxylic acids is 1. The minimum absolute atomic E-state index is 0.0601. The van der Waals surface area contributed by atoms with Crippen molar-refractivity contribution in [2.75, 3.05) is 0 Å². The van der Waals surface area contributed by atoms with Gasteiger partial charge in [0.05, 0.1) is 0 Å². The van der Waals surface area contributed by atoms with E-state index >= 15 is 0 Å². The molecular formula is C11H23NO2. The molecule has 2 N–H and O–H groups in total. The maximum atomic E-state index is 11.3. The molecule has 0 saturated carbocycles. The van der Waals surface area contributed by atoms with Gasteiger partial charge in [-0.2, -0.15) is 0 Å². The number of esters is 1. The van der Waals surface area contributed by atoms with Crippen molar-refractivity contribution in [2.45, 2.75) is 59.6 Å². The lowest BCUT2D eigenvalue weighted by atomic mass is 9.80. The molecule has 0 saturated heterocycles. The van der Waals surface area contributed by atoms with Crippen LogP contribution in [0.2, 0.25) is 0 Å². The first kappa shape index (κ1) is 13.4. The molecule has 0 aromatic heterocycles. The Labute approximate surface area is 87.0 Å². The summed E-state index contributed by atoms with van der Waals surface area (Å²) in [4.78, 5) is 11.3. The van der Waals surface area contributed by atoms with Gasteiger partial charge < -0.3 is 10.5 Å². The minimum atomic E-state index is -0.532. The van der Waals surface area contributed by atoms with Gasteiger partial charge in [0, 0.05) is 5.41 Å². The fraction of sp³-hybridized carbons (Fsp3) is 0.909. The van der Waals surface area contributed by atoms with Gasteiger partial charge in [-0.3, -0.25) is 4.79 Å². The first-order chi connectivity index (χ1) is 6.37. The summed E-state index contributed by atoms with van der Waals surface area (Å²) in [6, 6.07) is -0.532. The second-order valence-electron chi connectivity index (χ2n) is 4.23. The summed E-state index contributed by atoms with van der Waals surface area (Å²) >= 11 is 0. The molecule has 0 aliphatic rings. The van der Waals surface area contributed by atoms with Crippen LogP contribution in [-0.2, 0) is 9.53 Å². The topological polar surface area (TPSA) is 52.3 Å². The van der Waals surface area contributed by atoms with Crippen molar-refractivity contribution < 1.29 is 9.53 Å². The van der Waals surface area contributed by atoms with Crippen LogP contribution in [0.15, 0.2) is 0 Å². The van der Waals surface area contributed by atoms with Crippen molar-refractivity contribution in [1.29, 1.82) is 0 Å². The highest BCUT2D eigenvalue weighted by Crippen LogP contribution is 2.31. The highest BCUT2D eigenvalue weighted by molar-refractivity contribution is 5.75. The van der Waals surface area contributed by atoms with Gasteiger partial charge in [0.15, 0.2) is 0 Å². The third kappa shape index (κ3) is 3.29. The van der Waals surface area contributed by atoms with Crippen LogP contribution in [-0.4, -0.2) is 18.1 Å². The molecule has 0 aliphatic heterocycles. The molecule has 0 aliphatic carbocycles. The van der Waals surface area contributed by atoms with Crippen LogP contribution in [0, 0.1) is 5.41 Å². The Balaban J connectivity index is 4.32. The van der Waals surface area contributed by atoms with Gasteiger partial charge >= 0.3 is 5.97 Å². The maximum Gasteiger partial charge on any atom is 0.322 e. The summed E-state index contributed by atoms with van der Waals surface area (Å²) < 4.78 is 5.29. The monoisotopic (exact) mass is 201 g/mol. The van der Waals surface area contributed by atoms with Crippen molar-refractivity contribution in [2.24, 2.45) is 11.1 Å². The molecule has 0 spiro atoms. The zero-order valence-electron chi connectivity index (χ0n) is 9.96. The van der Waals surface area contributed by atoms with Crippen LogP contribution in [0.4, 0.5) is 0 Å². The second kappa shape index (κ2) is 5.35. The number of hydrogen-bond acceptors (Lipinski definition) is 3. The van der Waals surface area contributed by atoms with Crippen LogP contribution in [0.5, 0.6) is 0 Å². The molecule has 2 unspecified atom stereocenters. The molecule has 0 bridgehead atoms. The van der Waals surface area contributed by atoms with E-state index in [1.165, 1.54) is 0 Å². The largest absolute Gasteiger partial charge is 0.461 e. The van der Waals surface area contributed by atoms with E-state index in [1.54, 1.807) is 6.92 Å². The zero-order chi connectivity index (χ0) is 11.4. The molecule has 0 amide bonds. The molecule has 0 aromatic carbocycles. The number of nitrogens with two attached hydrogens (primary N) is 1. The van der Waals surface area contributed by atoms with E-state index in [2.05, 4.69) is 20.8 Å². The summed E-state index contributed by atoms with van der Waals surface area (Å²) in [5, 5.41) is 0. The summed E-state index contributed by atoms with van der Waals surface area (Å²) in [5.41, 5.74) is 5.50. The molecule has 14 heavy (non-hydrogen) atoms. The SMILES string of the molecule is CCC(C)(CC)C(C)OC(=O)C(C)N. The highest BCUT2D eigenvalue weighted by Gasteiger charge is 2.30. The van der Waals surface area contributed by atoms with Gasteiger partial charge in [-0.25, -0.2) is 0 Å². The van der Waals surface area contributed by atoms with E-state index in [4.69, 9.17) is 10.5 Å². The molecule has 0 aromatic rings. The predicted molar refractivity (Wildman–Crippen MR) is 57.9 cm³/mol. The van der Waals surface area contributed by atoms with Crippen molar-refractivity contribution >= 4 is 5.97 Å². The van der Waals surface area contributed by atoms with Gasteiger partial charge in [-0.05, 0) is 26.7 Å². The van der Waals surface area contributed by atoms with Crippen LogP contribution in [0.3, 0.4) is 0 Å². The van der Waals surface area contributed by atoms with Gasteiger partial charge in [0.1, 0.15) is 12.1 Å². The molecule has 3 heteroatoms. The Morgan fingerprint density at radius 2 is 1.79 bits per heavy atom. The first-order valence-electron chi connectivity index (χ1n) is 5.33.